The molecule has 0 radical (unpaired) electrons. The molecule has 0 saturated carbocycles. The van der Waals surface area contributed by atoms with Crippen LogP contribution in [0.15, 0.2) is 11.4 Å². The maximum atomic E-state index is 11.4. The van der Waals surface area contributed by atoms with Crippen LogP contribution in [0.3, 0.4) is 0 Å². The molecule has 8 heteroatoms. The second kappa shape index (κ2) is 6.20. The van der Waals surface area contributed by atoms with Crippen molar-refractivity contribution in [1.82, 2.24) is 9.97 Å². The van der Waals surface area contributed by atoms with E-state index in [2.05, 4.69) is 9.97 Å². The number of rotatable bonds is 5. The molecule has 0 bridgehead atoms. The standard InChI is InChI=1S/C10H13N3O4S/c1-3-17-9(16)6-4-12-10(13-7(6)11)18-5(2)8(14)15/h4-5H,3H2,1-2H3,(H,14,15)(H2,11,12,13)/p-1/t5-/m1/s1. The number of nitrogens with zero attached hydrogens (tertiary/aromatic N) is 2. The molecule has 1 aromatic rings. The van der Waals surface area contributed by atoms with Crippen molar-refractivity contribution in [3.8, 4) is 0 Å². The summed E-state index contributed by atoms with van der Waals surface area (Å²) in [5, 5.41) is 9.91. The molecule has 0 amide bonds. The normalized spacial score (nSPS) is 11.9. The Bertz CT molecular complexity index is 466. The highest BCUT2D eigenvalue weighted by molar-refractivity contribution is 8.00. The molecule has 0 spiro atoms. The van der Waals surface area contributed by atoms with E-state index in [0.29, 0.717) is 0 Å². The van der Waals surface area contributed by atoms with Crippen molar-refractivity contribution in [3.05, 3.63) is 11.8 Å². The van der Waals surface area contributed by atoms with Gasteiger partial charge in [-0.2, -0.15) is 0 Å². The van der Waals surface area contributed by atoms with Gasteiger partial charge in [0.25, 0.3) is 0 Å². The molecule has 18 heavy (non-hydrogen) atoms. The topological polar surface area (TPSA) is 118 Å². The third-order valence-electron chi connectivity index (χ3n) is 1.91. The number of anilines is 1. The highest BCUT2D eigenvalue weighted by Crippen LogP contribution is 2.21. The zero-order valence-electron chi connectivity index (χ0n) is 9.87. The molecule has 0 aromatic carbocycles. The van der Waals surface area contributed by atoms with E-state index in [1.54, 1.807) is 6.92 Å². The largest absolute Gasteiger partial charge is 0.549 e. The van der Waals surface area contributed by atoms with Gasteiger partial charge in [-0.05, 0) is 13.8 Å². The van der Waals surface area contributed by atoms with Crippen molar-refractivity contribution in [1.29, 1.82) is 0 Å². The maximum absolute atomic E-state index is 11.4. The van der Waals surface area contributed by atoms with E-state index < -0.39 is 17.2 Å². The number of carbonyl (C=O) groups is 2. The van der Waals surface area contributed by atoms with E-state index in [1.807, 2.05) is 0 Å². The van der Waals surface area contributed by atoms with Crippen molar-refractivity contribution < 1.29 is 19.4 Å². The van der Waals surface area contributed by atoms with Crippen LogP contribution in [-0.2, 0) is 9.53 Å². The predicted molar refractivity (Wildman–Crippen MR) is 62.7 cm³/mol. The van der Waals surface area contributed by atoms with Crippen molar-refractivity contribution >= 4 is 29.5 Å². The van der Waals surface area contributed by atoms with Crippen LogP contribution in [0.25, 0.3) is 0 Å². The summed E-state index contributed by atoms with van der Waals surface area (Å²) in [6.07, 6.45) is 1.21. The summed E-state index contributed by atoms with van der Waals surface area (Å²) >= 11 is 0.883. The van der Waals surface area contributed by atoms with E-state index in [0.717, 1.165) is 11.8 Å². The minimum Gasteiger partial charge on any atom is -0.549 e. The minimum atomic E-state index is -1.23. The average molecular weight is 270 g/mol. The molecule has 1 aromatic heterocycles. The van der Waals surface area contributed by atoms with E-state index in [-0.39, 0.29) is 23.1 Å². The van der Waals surface area contributed by atoms with Crippen LogP contribution in [0.4, 0.5) is 5.82 Å². The fraction of sp³-hybridized carbons (Fsp3) is 0.400. The quantitative estimate of drug-likeness (QED) is 0.430. The van der Waals surface area contributed by atoms with Crippen LogP contribution in [0.1, 0.15) is 24.2 Å². The number of nitrogen functional groups attached to an aromatic ring is 1. The van der Waals surface area contributed by atoms with Crippen molar-refractivity contribution in [2.75, 3.05) is 12.3 Å². The van der Waals surface area contributed by atoms with Gasteiger partial charge < -0.3 is 20.4 Å². The van der Waals surface area contributed by atoms with Crippen LogP contribution in [0.2, 0.25) is 0 Å². The minimum absolute atomic E-state index is 0.0449. The SMILES string of the molecule is CCOC(=O)c1cnc(S[C@H](C)C(=O)[O-])nc1N. The number of esters is 1. The van der Waals surface area contributed by atoms with Gasteiger partial charge in [-0.15, -0.1) is 0 Å². The fourth-order valence-corrected chi connectivity index (χ4v) is 1.68. The molecule has 98 valence electrons. The molecule has 1 atom stereocenters. The van der Waals surface area contributed by atoms with Crippen LogP contribution in [-0.4, -0.2) is 33.8 Å². The lowest BCUT2D eigenvalue weighted by molar-refractivity contribution is -0.304. The first-order valence-corrected chi connectivity index (χ1v) is 6.00. The number of thioether (sulfide) groups is 1. The predicted octanol–water partition coefficient (Wildman–Crippen LogP) is -0.534. The fourth-order valence-electron chi connectivity index (χ4n) is 1.01. The first kappa shape index (κ1) is 14.2. The van der Waals surface area contributed by atoms with Gasteiger partial charge in [0, 0.05) is 11.4 Å². The summed E-state index contributed by atoms with van der Waals surface area (Å²) in [6, 6.07) is 0. The molecule has 0 aliphatic carbocycles. The Hall–Kier alpha value is -1.83. The Balaban J connectivity index is 2.85. The van der Waals surface area contributed by atoms with Crippen molar-refractivity contribution in [3.63, 3.8) is 0 Å². The van der Waals surface area contributed by atoms with Gasteiger partial charge in [0.2, 0.25) is 0 Å². The molecule has 7 nitrogen and oxygen atoms in total. The summed E-state index contributed by atoms with van der Waals surface area (Å²) in [5.74, 6) is -1.88. The van der Waals surface area contributed by atoms with Gasteiger partial charge in [-0.3, -0.25) is 0 Å². The Labute approximate surface area is 108 Å². The summed E-state index contributed by atoms with van der Waals surface area (Å²) in [6.45, 7) is 3.33. The van der Waals surface area contributed by atoms with Crippen LogP contribution in [0.5, 0.6) is 0 Å². The van der Waals surface area contributed by atoms with Crippen molar-refractivity contribution in [2.24, 2.45) is 0 Å². The number of carbonyl (C=O) groups excluding carboxylic acids is 2. The molecular weight excluding hydrogens is 258 g/mol. The Kier molecular flexibility index (Phi) is 4.90. The van der Waals surface area contributed by atoms with Crippen LogP contribution in [0, 0.1) is 0 Å². The van der Waals surface area contributed by atoms with Gasteiger partial charge in [0.1, 0.15) is 11.4 Å². The lowest BCUT2D eigenvalue weighted by Gasteiger charge is -2.11. The number of carboxylic acid groups (broad SMARTS) is 1. The van der Waals surface area contributed by atoms with E-state index in [9.17, 15) is 14.7 Å². The van der Waals surface area contributed by atoms with E-state index >= 15 is 0 Å². The first-order chi connectivity index (χ1) is 8.45. The second-order valence-electron chi connectivity index (χ2n) is 3.25. The molecule has 0 aliphatic heterocycles. The third-order valence-corrected chi connectivity index (χ3v) is 2.86. The highest BCUT2D eigenvalue weighted by Gasteiger charge is 2.15. The number of carboxylic acids is 1. The van der Waals surface area contributed by atoms with Gasteiger partial charge in [0.05, 0.1) is 12.6 Å². The summed E-state index contributed by atoms with van der Waals surface area (Å²) in [5.41, 5.74) is 5.63. The second-order valence-corrected chi connectivity index (χ2v) is 4.56. The Morgan fingerprint density at radius 3 is 2.78 bits per heavy atom. The smallest absolute Gasteiger partial charge is 0.343 e. The van der Waals surface area contributed by atoms with Crippen molar-refractivity contribution in [2.45, 2.75) is 24.3 Å². The number of nitrogens with two attached hydrogens (primary N) is 1. The molecule has 0 saturated heterocycles. The lowest BCUT2D eigenvalue weighted by atomic mass is 10.3. The van der Waals surface area contributed by atoms with Crippen LogP contribution < -0.4 is 10.8 Å². The average Bonchev–Trinajstić information content (AvgIpc) is 2.29. The summed E-state index contributed by atoms with van der Waals surface area (Å²) in [4.78, 5) is 29.7. The highest BCUT2D eigenvalue weighted by atomic mass is 32.2. The van der Waals surface area contributed by atoms with E-state index in [4.69, 9.17) is 10.5 Å². The molecule has 1 rings (SSSR count). The monoisotopic (exact) mass is 270 g/mol. The summed E-state index contributed by atoms with van der Waals surface area (Å²) in [7, 11) is 0. The molecule has 1 heterocycles. The van der Waals surface area contributed by atoms with Gasteiger partial charge in [0.15, 0.2) is 5.16 Å². The molecule has 0 unspecified atom stereocenters. The number of ether oxygens (including phenoxy) is 1. The van der Waals surface area contributed by atoms with Gasteiger partial charge in [-0.25, -0.2) is 14.8 Å². The van der Waals surface area contributed by atoms with Gasteiger partial charge >= 0.3 is 5.97 Å². The Morgan fingerprint density at radius 1 is 1.61 bits per heavy atom. The Morgan fingerprint density at radius 2 is 2.28 bits per heavy atom. The maximum Gasteiger partial charge on any atom is 0.343 e. The van der Waals surface area contributed by atoms with Crippen LogP contribution >= 0.6 is 11.8 Å². The molecule has 0 aliphatic rings. The third kappa shape index (κ3) is 3.59. The molecule has 0 fully saturated rings. The number of hydrogen-bond acceptors (Lipinski definition) is 8. The van der Waals surface area contributed by atoms with Gasteiger partial charge in [-0.1, -0.05) is 11.8 Å². The molecular formula is C10H12N3O4S-. The molecule has 2 N–H and O–H groups in total. The zero-order valence-corrected chi connectivity index (χ0v) is 10.7. The first-order valence-electron chi connectivity index (χ1n) is 5.12. The number of aliphatic carboxylic acids is 1. The zero-order chi connectivity index (χ0) is 13.7. The number of hydrogen-bond donors (Lipinski definition) is 1. The lowest BCUT2D eigenvalue weighted by Crippen LogP contribution is -2.31. The number of aromatic nitrogens is 2. The van der Waals surface area contributed by atoms with E-state index in [1.165, 1.54) is 13.1 Å². The summed E-state index contributed by atoms with van der Waals surface area (Å²) < 4.78 is 4.76.